The molecule has 5 heteroatoms. The van der Waals surface area contributed by atoms with Crippen LogP contribution in [0.15, 0.2) is 54.9 Å². The summed E-state index contributed by atoms with van der Waals surface area (Å²) >= 11 is 0. The maximum atomic E-state index is 9.39. The third-order valence-corrected chi connectivity index (χ3v) is 4.39. The van der Waals surface area contributed by atoms with Gasteiger partial charge in [-0.15, -0.1) is 0 Å². The quantitative estimate of drug-likeness (QED) is 0.807. The fraction of sp³-hybridized carbons (Fsp3) is 0.278. The van der Waals surface area contributed by atoms with E-state index in [9.17, 15) is 5.11 Å². The summed E-state index contributed by atoms with van der Waals surface area (Å²) in [4.78, 5) is 9.48. The van der Waals surface area contributed by atoms with Crippen LogP contribution >= 0.6 is 0 Å². The van der Waals surface area contributed by atoms with Crippen LogP contribution in [0.25, 0.3) is 5.65 Å². The Morgan fingerprint density at radius 1 is 0.957 bits per heavy atom. The summed E-state index contributed by atoms with van der Waals surface area (Å²) in [7, 11) is 0. The van der Waals surface area contributed by atoms with Crippen LogP contribution in [0.4, 0.5) is 5.69 Å². The first-order valence-electron chi connectivity index (χ1n) is 7.97. The zero-order chi connectivity index (χ0) is 15.6. The molecule has 0 bridgehead atoms. The third-order valence-electron chi connectivity index (χ3n) is 4.39. The van der Waals surface area contributed by atoms with Crippen molar-refractivity contribution in [3.8, 4) is 5.75 Å². The van der Waals surface area contributed by atoms with Gasteiger partial charge in [0.25, 0.3) is 0 Å². The van der Waals surface area contributed by atoms with Crippen molar-refractivity contribution in [2.75, 3.05) is 31.1 Å². The molecule has 4 rings (SSSR count). The molecule has 0 radical (unpaired) electrons. The number of hydrogen-bond donors (Lipinski definition) is 1. The van der Waals surface area contributed by atoms with Gasteiger partial charge >= 0.3 is 0 Å². The number of phenols is 1. The summed E-state index contributed by atoms with van der Waals surface area (Å²) in [6.45, 7) is 4.94. The van der Waals surface area contributed by atoms with Crippen molar-refractivity contribution in [3.63, 3.8) is 0 Å². The highest BCUT2D eigenvalue weighted by molar-refractivity contribution is 5.49. The first-order valence-corrected chi connectivity index (χ1v) is 7.97. The first kappa shape index (κ1) is 14.1. The Kier molecular flexibility index (Phi) is 3.63. The fourth-order valence-corrected chi connectivity index (χ4v) is 3.12. The van der Waals surface area contributed by atoms with E-state index in [0.29, 0.717) is 5.75 Å². The van der Waals surface area contributed by atoms with Gasteiger partial charge in [-0.2, -0.15) is 0 Å². The van der Waals surface area contributed by atoms with Gasteiger partial charge in [0.2, 0.25) is 0 Å². The Balaban J connectivity index is 1.38. The number of rotatable bonds is 3. The molecule has 0 spiro atoms. The summed E-state index contributed by atoms with van der Waals surface area (Å²) in [6, 6.07) is 13.5. The van der Waals surface area contributed by atoms with E-state index in [1.54, 1.807) is 12.1 Å². The number of imidazole rings is 1. The lowest BCUT2D eigenvalue weighted by atomic mass is 10.2. The number of aromatic hydroxyl groups is 1. The van der Waals surface area contributed by atoms with E-state index in [0.717, 1.165) is 44.1 Å². The fourth-order valence-electron chi connectivity index (χ4n) is 3.12. The molecule has 0 aliphatic carbocycles. The van der Waals surface area contributed by atoms with E-state index in [1.165, 1.54) is 5.69 Å². The maximum absolute atomic E-state index is 9.39. The highest BCUT2D eigenvalue weighted by Gasteiger charge is 2.18. The second-order valence-electron chi connectivity index (χ2n) is 5.98. The topological polar surface area (TPSA) is 44.0 Å². The number of fused-ring (bicyclic) bond motifs is 1. The number of benzene rings is 1. The summed E-state index contributed by atoms with van der Waals surface area (Å²) < 4.78 is 2.07. The van der Waals surface area contributed by atoms with E-state index < -0.39 is 0 Å². The van der Waals surface area contributed by atoms with Crippen molar-refractivity contribution >= 4 is 11.3 Å². The van der Waals surface area contributed by atoms with Crippen molar-refractivity contribution in [2.45, 2.75) is 6.54 Å². The minimum absolute atomic E-state index is 0.319. The van der Waals surface area contributed by atoms with E-state index in [1.807, 2.05) is 36.5 Å². The first-order chi connectivity index (χ1) is 11.3. The third kappa shape index (κ3) is 3.00. The van der Waals surface area contributed by atoms with Crippen LogP contribution in [-0.4, -0.2) is 45.6 Å². The van der Waals surface area contributed by atoms with Crippen LogP contribution < -0.4 is 4.90 Å². The molecule has 2 aromatic heterocycles. The molecule has 1 fully saturated rings. The lowest BCUT2D eigenvalue weighted by Crippen LogP contribution is -2.46. The Hall–Kier alpha value is -2.53. The highest BCUT2D eigenvalue weighted by atomic mass is 16.3. The van der Waals surface area contributed by atoms with Crippen LogP contribution in [0.3, 0.4) is 0 Å². The van der Waals surface area contributed by atoms with Crippen LogP contribution in [-0.2, 0) is 6.54 Å². The maximum Gasteiger partial charge on any atom is 0.137 e. The normalized spacial score (nSPS) is 16.1. The van der Waals surface area contributed by atoms with Gasteiger partial charge in [0.05, 0.1) is 5.69 Å². The van der Waals surface area contributed by atoms with Gasteiger partial charge in [-0.25, -0.2) is 4.98 Å². The lowest BCUT2D eigenvalue weighted by molar-refractivity contribution is 0.247. The molecule has 118 valence electrons. The van der Waals surface area contributed by atoms with Crippen LogP contribution in [0.5, 0.6) is 5.75 Å². The van der Waals surface area contributed by atoms with E-state index in [-0.39, 0.29) is 0 Å². The molecule has 0 atom stereocenters. The van der Waals surface area contributed by atoms with E-state index >= 15 is 0 Å². The van der Waals surface area contributed by atoms with Crippen molar-refractivity contribution in [1.29, 1.82) is 0 Å². The Bertz CT molecular complexity index is 755. The Morgan fingerprint density at radius 2 is 1.74 bits per heavy atom. The monoisotopic (exact) mass is 308 g/mol. The number of piperazine rings is 1. The molecule has 1 aromatic carbocycles. The van der Waals surface area contributed by atoms with Crippen LogP contribution in [0, 0.1) is 0 Å². The van der Waals surface area contributed by atoms with Gasteiger partial charge in [-0.05, 0) is 36.4 Å². The lowest BCUT2D eigenvalue weighted by Gasteiger charge is -2.35. The summed E-state index contributed by atoms with van der Waals surface area (Å²) in [5.74, 6) is 0.319. The van der Waals surface area contributed by atoms with Gasteiger partial charge in [0.15, 0.2) is 0 Å². The molecule has 3 heterocycles. The number of pyridine rings is 1. The zero-order valence-electron chi connectivity index (χ0n) is 13.0. The van der Waals surface area contributed by atoms with E-state index in [4.69, 9.17) is 0 Å². The van der Waals surface area contributed by atoms with Crippen LogP contribution in [0.2, 0.25) is 0 Å². The predicted molar refractivity (Wildman–Crippen MR) is 90.8 cm³/mol. The number of aromatic nitrogens is 2. The van der Waals surface area contributed by atoms with Crippen LogP contribution in [0.1, 0.15) is 5.69 Å². The summed E-state index contributed by atoms with van der Waals surface area (Å²) in [5, 5.41) is 9.39. The molecule has 0 unspecified atom stereocenters. The molecule has 1 aliphatic rings. The van der Waals surface area contributed by atoms with Gasteiger partial charge < -0.3 is 14.4 Å². The molecule has 0 amide bonds. The Labute approximate surface area is 135 Å². The highest BCUT2D eigenvalue weighted by Crippen LogP contribution is 2.20. The summed E-state index contributed by atoms with van der Waals surface area (Å²) in [6.07, 6.45) is 4.15. The molecule has 1 aliphatic heterocycles. The molecule has 5 nitrogen and oxygen atoms in total. The second kappa shape index (κ2) is 5.93. The number of nitrogens with zero attached hydrogens (tertiary/aromatic N) is 4. The average Bonchev–Trinajstić information content (AvgIpc) is 2.98. The van der Waals surface area contributed by atoms with E-state index in [2.05, 4.69) is 25.4 Å². The largest absolute Gasteiger partial charge is 0.508 e. The zero-order valence-corrected chi connectivity index (χ0v) is 13.0. The average molecular weight is 308 g/mol. The standard InChI is InChI=1S/C18H20N4O/c23-17-6-4-16(5-7-17)21-11-9-20(10-12-21)13-15-14-22-8-2-1-3-18(22)19-15/h1-8,14,23H,9-13H2. The second-order valence-corrected chi connectivity index (χ2v) is 5.98. The van der Waals surface area contributed by atoms with Crippen molar-refractivity contribution in [1.82, 2.24) is 14.3 Å². The molecule has 1 N–H and O–H groups in total. The molecule has 1 saturated heterocycles. The predicted octanol–water partition coefficient (Wildman–Crippen LogP) is 2.36. The van der Waals surface area contributed by atoms with Gasteiger partial charge in [-0.1, -0.05) is 6.07 Å². The molecule has 3 aromatic rings. The Morgan fingerprint density at radius 3 is 2.48 bits per heavy atom. The van der Waals surface area contributed by atoms with Gasteiger partial charge in [0.1, 0.15) is 11.4 Å². The van der Waals surface area contributed by atoms with Crippen molar-refractivity contribution in [3.05, 3.63) is 60.6 Å². The molecule has 23 heavy (non-hydrogen) atoms. The SMILES string of the molecule is Oc1ccc(N2CCN(Cc3cn4ccccc4n3)CC2)cc1. The smallest absolute Gasteiger partial charge is 0.137 e. The van der Waals surface area contributed by atoms with Gasteiger partial charge in [-0.3, -0.25) is 4.90 Å². The molecular weight excluding hydrogens is 288 g/mol. The number of hydrogen-bond acceptors (Lipinski definition) is 4. The van der Waals surface area contributed by atoms with Crippen molar-refractivity contribution in [2.24, 2.45) is 0 Å². The number of anilines is 1. The number of phenolic OH excluding ortho intramolecular Hbond substituents is 1. The van der Waals surface area contributed by atoms with Gasteiger partial charge in [0, 0.05) is 50.8 Å². The molecule has 0 saturated carbocycles. The van der Waals surface area contributed by atoms with Crippen molar-refractivity contribution < 1.29 is 5.11 Å². The molecular formula is C18H20N4O. The summed E-state index contributed by atoms with van der Waals surface area (Å²) in [5.41, 5.74) is 3.30. The minimum atomic E-state index is 0.319. The minimum Gasteiger partial charge on any atom is -0.508 e.